The van der Waals surface area contributed by atoms with Gasteiger partial charge in [-0.05, 0) is 29.5 Å². The standard InChI is InChI=1S/C15H15N3OS/c1-2-11-5-3-4-6-13(11)16-9-14-17-15(18-19-14)12-7-8-20-10-12/h3-8,10,16H,2,9H2,1H3. The Morgan fingerprint density at radius 1 is 1.25 bits per heavy atom. The fourth-order valence-corrected chi connectivity index (χ4v) is 2.64. The van der Waals surface area contributed by atoms with E-state index in [9.17, 15) is 0 Å². The van der Waals surface area contributed by atoms with Gasteiger partial charge in [-0.1, -0.05) is 30.3 Å². The lowest BCUT2D eigenvalue weighted by atomic mass is 10.1. The molecule has 3 rings (SSSR count). The van der Waals surface area contributed by atoms with Crippen LogP contribution >= 0.6 is 11.3 Å². The average Bonchev–Trinajstić information content (AvgIpc) is 3.16. The molecule has 2 heterocycles. The van der Waals surface area contributed by atoms with Gasteiger partial charge < -0.3 is 9.84 Å². The average molecular weight is 285 g/mol. The Morgan fingerprint density at radius 3 is 2.95 bits per heavy atom. The molecule has 102 valence electrons. The fourth-order valence-electron chi connectivity index (χ4n) is 2.01. The first-order chi connectivity index (χ1) is 9.86. The minimum Gasteiger partial charge on any atom is -0.376 e. The van der Waals surface area contributed by atoms with Gasteiger partial charge in [-0.25, -0.2) is 0 Å². The quantitative estimate of drug-likeness (QED) is 0.770. The van der Waals surface area contributed by atoms with E-state index in [0.717, 1.165) is 17.7 Å². The zero-order valence-electron chi connectivity index (χ0n) is 11.2. The summed E-state index contributed by atoms with van der Waals surface area (Å²) in [6.45, 7) is 2.68. The van der Waals surface area contributed by atoms with Crippen LogP contribution < -0.4 is 5.32 Å². The van der Waals surface area contributed by atoms with Gasteiger partial charge in [0.05, 0.1) is 6.54 Å². The Balaban J connectivity index is 1.70. The van der Waals surface area contributed by atoms with Crippen molar-refractivity contribution >= 4 is 17.0 Å². The van der Waals surface area contributed by atoms with Gasteiger partial charge >= 0.3 is 0 Å². The first kappa shape index (κ1) is 12.9. The van der Waals surface area contributed by atoms with Crippen LogP contribution in [-0.4, -0.2) is 10.1 Å². The van der Waals surface area contributed by atoms with E-state index in [0.29, 0.717) is 18.3 Å². The highest BCUT2D eigenvalue weighted by atomic mass is 32.1. The van der Waals surface area contributed by atoms with Crippen LogP contribution in [0.15, 0.2) is 45.6 Å². The summed E-state index contributed by atoms with van der Waals surface area (Å²) < 4.78 is 5.26. The van der Waals surface area contributed by atoms with Crippen LogP contribution in [0.25, 0.3) is 11.4 Å². The summed E-state index contributed by atoms with van der Waals surface area (Å²) >= 11 is 1.62. The first-order valence-corrected chi connectivity index (χ1v) is 7.48. The molecule has 0 bridgehead atoms. The molecule has 0 spiro atoms. The van der Waals surface area contributed by atoms with Crippen molar-refractivity contribution in [2.75, 3.05) is 5.32 Å². The maximum Gasteiger partial charge on any atom is 0.246 e. The van der Waals surface area contributed by atoms with Crippen LogP contribution in [-0.2, 0) is 13.0 Å². The highest BCUT2D eigenvalue weighted by Crippen LogP contribution is 2.20. The molecular formula is C15H15N3OS. The number of nitrogens with one attached hydrogen (secondary N) is 1. The molecule has 0 amide bonds. The summed E-state index contributed by atoms with van der Waals surface area (Å²) in [6, 6.07) is 10.2. The number of hydrogen-bond acceptors (Lipinski definition) is 5. The topological polar surface area (TPSA) is 51.0 Å². The Labute approximate surface area is 121 Å². The summed E-state index contributed by atoms with van der Waals surface area (Å²) in [5.74, 6) is 1.24. The van der Waals surface area contributed by atoms with Crippen molar-refractivity contribution in [2.45, 2.75) is 19.9 Å². The third-order valence-electron chi connectivity index (χ3n) is 3.08. The zero-order chi connectivity index (χ0) is 13.8. The maximum atomic E-state index is 5.26. The number of hydrogen-bond donors (Lipinski definition) is 1. The van der Waals surface area contributed by atoms with Gasteiger partial charge in [0, 0.05) is 16.6 Å². The molecule has 0 saturated heterocycles. The summed E-state index contributed by atoms with van der Waals surface area (Å²) in [7, 11) is 0. The molecule has 0 fully saturated rings. The largest absolute Gasteiger partial charge is 0.376 e. The molecule has 0 saturated carbocycles. The highest BCUT2D eigenvalue weighted by molar-refractivity contribution is 7.08. The van der Waals surface area contributed by atoms with Crippen molar-refractivity contribution in [1.82, 2.24) is 10.1 Å². The molecule has 0 aliphatic carbocycles. The van der Waals surface area contributed by atoms with Crippen LogP contribution in [0.3, 0.4) is 0 Å². The van der Waals surface area contributed by atoms with E-state index in [2.05, 4.69) is 34.5 Å². The number of anilines is 1. The van der Waals surface area contributed by atoms with Crippen LogP contribution in [0.1, 0.15) is 18.4 Å². The van der Waals surface area contributed by atoms with Crippen LogP contribution in [0.5, 0.6) is 0 Å². The van der Waals surface area contributed by atoms with Gasteiger partial charge in [-0.15, -0.1) is 0 Å². The predicted octanol–water partition coefficient (Wildman–Crippen LogP) is 3.97. The molecule has 5 heteroatoms. The van der Waals surface area contributed by atoms with E-state index < -0.39 is 0 Å². The number of nitrogens with zero attached hydrogens (tertiary/aromatic N) is 2. The minimum absolute atomic E-state index is 0.536. The summed E-state index contributed by atoms with van der Waals surface area (Å²) in [4.78, 5) is 4.39. The van der Waals surface area contributed by atoms with Crippen molar-refractivity contribution < 1.29 is 4.52 Å². The lowest BCUT2D eigenvalue weighted by molar-refractivity contribution is 0.384. The molecule has 1 aromatic carbocycles. The van der Waals surface area contributed by atoms with Crippen molar-refractivity contribution in [1.29, 1.82) is 0 Å². The second kappa shape index (κ2) is 5.88. The van der Waals surface area contributed by atoms with Gasteiger partial charge in [-0.3, -0.25) is 0 Å². The third kappa shape index (κ3) is 2.72. The normalized spacial score (nSPS) is 10.7. The van der Waals surface area contributed by atoms with E-state index in [1.54, 1.807) is 11.3 Å². The van der Waals surface area contributed by atoms with Crippen LogP contribution in [0, 0.1) is 0 Å². The lowest BCUT2D eigenvalue weighted by Gasteiger charge is -2.08. The number of benzene rings is 1. The molecule has 4 nitrogen and oxygen atoms in total. The fraction of sp³-hybridized carbons (Fsp3) is 0.200. The predicted molar refractivity (Wildman–Crippen MR) is 80.8 cm³/mol. The second-order valence-corrected chi connectivity index (χ2v) is 5.17. The summed E-state index contributed by atoms with van der Waals surface area (Å²) in [5, 5.41) is 11.3. The van der Waals surface area contributed by atoms with Gasteiger partial charge in [-0.2, -0.15) is 16.3 Å². The number of aromatic nitrogens is 2. The van der Waals surface area contributed by atoms with Crippen LogP contribution in [0.4, 0.5) is 5.69 Å². The van der Waals surface area contributed by atoms with E-state index >= 15 is 0 Å². The summed E-state index contributed by atoms with van der Waals surface area (Å²) in [6.07, 6.45) is 0.993. The number of aryl methyl sites for hydroxylation is 1. The molecule has 0 aliphatic rings. The monoisotopic (exact) mass is 285 g/mol. The molecule has 0 atom stereocenters. The number of para-hydroxylation sites is 1. The van der Waals surface area contributed by atoms with Gasteiger partial charge in [0.1, 0.15) is 0 Å². The van der Waals surface area contributed by atoms with E-state index in [1.807, 2.05) is 29.0 Å². The summed E-state index contributed by atoms with van der Waals surface area (Å²) in [5.41, 5.74) is 3.40. The Bertz CT molecular complexity index is 676. The molecule has 0 aliphatic heterocycles. The highest BCUT2D eigenvalue weighted by Gasteiger charge is 2.09. The SMILES string of the molecule is CCc1ccccc1NCc1nc(-c2ccsc2)no1. The van der Waals surface area contributed by atoms with Crippen molar-refractivity contribution in [3.05, 3.63) is 52.5 Å². The van der Waals surface area contributed by atoms with Gasteiger partial charge in [0.2, 0.25) is 11.7 Å². The molecule has 0 radical (unpaired) electrons. The van der Waals surface area contributed by atoms with Gasteiger partial charge in [0.15, 0.2) is 0 Å². The molecule has 20 heavy (non-hydrogen) atoms. The number of rotatable bonds is 5. The molecule has 2 aromatic heterocycles. The Kier molecular flexibility index (Phi) is 3.78. The smallest absolute Gasteiger partial charge is 0.246 e. The Hall–Kier alpha value is -2.14. The minimum atomic E-state index is 0.536. The van der Waals surface area contributed by atoms with Gasteiger partial charge in [0.25, 0.3) is 0 Å². The van der Waals surface area contributed by atoms with E-state index in [-0.39, 0.29) is 0 Å². The lowest BCUT2D eigenvalue weighted by Crippen LogP contribution is -2.02. The van der Waals surface area contributed by atoms with Crippen molar-refractivity contribution in [2.24, 2.45) is 0 Å². The van der Waals surface area contributed by atoms with E-state index in [4.69, 9.17) is 4.52 Å². The zero-order valence-corrected chi connectivity index (χ0v) is 12.0. The molecule has 3 aromatic rings. The first-order valence-electron chi connectivity index (χ1n) is 6.53. The molecule has 1 N–H and O–H groups in total. The van der Waals surface area contributed by atoms with E-state index in [1.165, 1.54) is 5.56 Å². The van der Waals surface area contributed by atoms with Crippen molar-refractivity contribution in [3.8, 4) is 11.4 Å². The molecular weight excluding hydrogens is 270 g/mol. The second-order valence-electron chi connectivity index (χ2n) is 4.39. The Morgan fingerprint density at radius 2 is 2.15 bits per heavy atom. The number of thiophene rings is 1. The maximum absolute atomic E-state index is 5.26. The van der Waals surface area contributed by atoms with Crippen molar-refractivity contribution in [3.63, 3.8) is 0 Å². The third-order valence-corrected chi connectivity index (χ3v) is 3.76. The van der Waals surface area contributed by atoms with Crippen LogP contribution in [0.2, 0.25) is 0 Å². The molecule has 0 unspecified atom stereocenters.